The summed E-state index contributed by atoms with van der Waals surface area (Å²) in [7, 11) is 0. The van der Waals surface area contributed by atoms with Crippen molar-refractivity contribution in [1.29, 1.82) is 0 Å². The average molecular weight is 367 g/mol. The molecule has 0 spiro atoms. The molecule has 0 aliphatic heterocycles. The van der Waals surface area contributed by atoms with Crippen LogP contribution in [0.3, 0.4) is 0 Å². The van der Waals surface area contributed by atoms with Crippen molar-refractivity contribution < 1.29 is 13.6 Å². The largest absolute Gasteiger partial charge is 0.351 e. The lowest BCUT2D eigenvalue weighted by molar-refractivity contribution is 0.144. The monoisotopic (exact) mass is 366 g/mol. The van der Waals surface area contributed by atoms with Gasteiger partial charge in [0.1, 0.15) is 5.69 Å². The highest BCUT2D eigenvalue weighted by atomic mass is 35.5. The van der Waals surface area contributed by atoms with Crippen molar-refractivity contribution in [2.75, 3.05) is 4.90 Å². The molecule has 25 heavy (non-hydrogen) atoms. The highest BCUT2D eigenvalue weighted by Crippen LogP contribution is 2.36. The normalized spacial score (nSPS) is 13.6. The summed E-state index contributed by atoms with van der Waals surface area (Å²) in [6.45, 7) is 1.74. The Morgan fingerprint density at radius 2 is 2.00 bits per heavy atom. The summed E-state index contributed by atoms with van der Waals surface area (Å²) in [4.78, 5) is 21.4. The van der Waals surface area contributed by atoms with Crippen LogP contribution in [-0.4, -0.2) is 16.0 Å². The Bertz CT molecular complexity index is 808. The Hall–Kier alpha value is -2.28. The van der Waals surface area contributed by atoms with Crippen LogP contribution in [0.4, 0.5) is 25.2 Å². The Balaban J connectivity index is 2.21. The molecule has 8 heteroatoms. The van der Waals surface area contributed by atoms with Crippen LogP contribution in [0.25, 0.3) is 0 Å². The van der Waals surface area contributed by atoms with E-state index < -0.39 is 12.5 Å². The number of anilines is 2. The second-order valence-electron chi connectivity index (χ2n) is 5.92. The number of nitrogens with two attached hydrogens (primary N) is 1. The number of hydrogen-bond acceptors (Lipinski definition) is 3. The second kappa shape index (κ2) is 6.92. The molecular weight excluding hydrogens is 350 g/mol. The zero-order chi connectivity index (χ0) is 18.1. The van der Waals surface area contributed by atoms with Crippen molar-refractivity contribution in [3.05, 3.63) is 45.7 Å². The van der Waals surface area contributed by atoms with E-state index in [1.165, 1.54) is 0 Å². The molecule has 1 aliphatic carbocycles. The van der Waals surface area contributed by atoms with Gasteiger partial charge in [0.15, 0.2) is 0 Å². The number of nitrogens with zero attached hydrogens (tertiary/aromatic N) is 3. The Labute approximate surface area is 148 Å². The molecule has 132 valence electrons. The molecule has 0 bridgehead atoms. The zero-order valence-electron chi connectivity index (χ0n) is 13.6. The lowest BCUT2D eigenvalue weighted by Crippen LogP contribution is -2.34. The van der Waals surface area contributed by atoms with Crippen molar-refractivity contribution in [3.8, 4) is 0 Å². The summed E-state index contributed by atoms with van der Waals surface area (Å²) in [5, 5.41) is 0.263. The van der Waals surface area contributed by atoms with E-state index in [2.05, 4.69) is 9.97 Å². The molecular formula is C17H17ClF2N4O. The molecule has 2 amide bonds. The summed E-state index contributed by atoms with van der Waals surface area (Å²) in [5.41, 5.74) is 7.14. The van der Waals surface area contributed by atoms with Crippen molar-refractivity contribution in [2.45, 2.75) is 39.0 Å². The molecule has 0 saturated heterocycles. The van der Waals surface area contributed by atoms with Gasteiger partial charge in [0.25, 0.3) is 6.43 Å². The SMILES string of the molecule is Cc1cccc(Cl)c1N(C(N)=O)c1nc2c(c(C(F)F)n1)CCCC2. The van der Waals surface area contributed by atoms with Crippen LogP contribution in [0.1, 0.15) is 41.8 Å². The molecule has 1 aliphatic rings. The van der Waals surface area contributed by atoms with Crippen LogP contribution >= 0.6 is 11.6 Å². The number of primary amides is 1. The number of halogens is 3. The van der Waals surface area contributed by atoms with Gasteiger partial charge in [-0.3, -0.25) is 0 Å². The molecule has 0 unspecified atom stereocenters. The Morgan fingerprint density at radius 1 is 1.28 bits per heavy atom. The summed E-state index contributed by atoms with van der Waals surface area (Å²) in [6, 6.07) is 4.17. The molecule has 1 aromatic carbocycles. The van der Waals surface area contributed by atoms with Gasteiger partial charge in [0, 0.05) is 11.3 Å². The Morgan fingerprint density at radius 3 is 2.64 bits per heavy atom. The minimum absolute atomic E-state index is 0.167. The number of para-hydroxylation sites is 1. The maximum absolute atomic E-state index is 13.5. The van der Waals surface area contributed by atoms with Crippen LogP contribution in [0.15, 0.2) is 18.2 Å². The fraction of sp³-hybridized carbons (Fsp3) is 0.353. The number of fused-ring (bicyclic) bond motifs is 1. The molecule has 1 aromatic heterocycles. The molecule has 2 N–H and O–H groups in total. The average Bonchev–Trinajstić information content (AvgIpc) is 2.56. The summed E-state index contributed by atoms with van der Waals surface area (Å²) in [6.07, 6.45) is -0.00196. The first-order valence-electron chi connectivity index (χ1n) is 7.92. The van der Waals surface area contributed by atoms with Crippen LogP contribution in [0.2, 0.25) is 5.02 Å². The standard InChI is InChI=1S/C17H17ClF2N4O/c1-9-5-4-7-11(18)14(9)24(16(21)25)17-22-12-8-3-2-6-10(12)13(23-17)15(19)20/h4-5,7,15H,2-3,6,8H2,1H3,(H2,21,25). The van der Waals surface area contributed by atoms with Gasteiger partial charge in [-0.2, -0.15) is 0 Å². The van der Waals surface area contributed by atoms with Gasteiger partial charge in [-0.1, -0.05) is 23.7 Å². The minimum Gasteiger partial charge on any atom is -0.351 e. The number of aromatic nitrogens is 2. The van der Waals surface area contributed by atoms with E-state index in [0.29, 0.717) is 35.3 Å². The second-order valence-corrected chi connectivity index (χ2v) is 6.33. The van der Waals surface area contributed by atoms with Crippen molar-refractivity contribution >= 4 is 29.3 Å². The van der Waals surface area contributed by atoms with Crippen molar-refractivity contribution in [1.82, 2.24) is 9.97 Å². The number of alkyl halides is 2. The van der Waals surface area contributed by atoms with Crippen LogP contribution in [-0.2, 0) is 12.8 Å². The quantitative estimate of drug-likeness (QED) is 0.870. The maximum Gasteiger partial charge on any atom is 0.326 e. The smallest absolute Gasteiger partial charge is 0.326 e. The van der Waals surface area contributed by atoms with Gasteiger partial charge in [0.05, 0.1) is 10.7 Å². The van der Waals surface area contributed by atoms with Crippen LogP contribution in [0.5, 0.6) is 0 Å². The third-order valence-electron chi connectivity index (χ3n) is 4.24. The number of amides is 2. The van der Waals surface area contributed by atoms with Gasteiger partial charge in [-0.25, -0.2) is 28.4 Å². The fourth-order valence-electron chi connectivity index (χ4n) is 3.11. The van der Waals surface area contributed by atoms with Crippen LogP contribution < -0.4 is 10.6 Å². The first-order valence-corrected chi connectivity index (χ1v) is 8.30. The number of urea groups is 1. The van der Waals surface area contributed by atoms with E-state index >= 15 is 0 Å². The number of rotatable bonds is 3. The van der Waals surface area contributed by atoms with E-state index in [1.807, 2.05) is 0 Å². The van der Waals surface area contributed by atoms with Gasteiger partial charge < -0.3 is 5.73 Å². The molecule has 0 radical (unpaired) electrons. The maximum atomic E-state index is 13.5. The van der Waals surface area contributed by atoms with Gasteiger partial charge in [-0.05, 0) is 44.2 Å². The van der Waals surface area contributed by atoms with E-state index in [4.69, 9.17) is 17.3 Å². The van der Waals surface area contributed by atoms with E-state index in [0.717, 1.165) is 17.7 Å². The predicted molar refractivity (Wildman–Crippen MR) is 91.5 cm³/mol. The van der Waals surface area contributed by atoms with Gasteiger partial charge in [0.2, 0.25) is 5.95 Å². The fourth-order valence-corrected chi connectivity index (χ4v) is 3.41. The number of aryl methyl sites for hydroxylation is 2. The van der Waals surface area contributed by atoms with E-state index in [9.17, 15) is 13.6 Å². The third-order valence-corrected chi connectivity index (χ3v) is 4.55. The summed E-state index contributed by atoms with van der Waals surface area (Å²) in [5.74, 6) is -0.167. The molecule has 5 nitrogen and oxygen atoms in total. The molecule has 1 heterocycles. The Kier molecular flexibility index (Phi) is 4.85. The number of carbonyl (C=O) groups excluding carboxylic acids is 1. The predicted octanol–water partition coefficient (Wildman–Crippen LogP) is 4.47. The van der Waals surface area contributed by atoms with E-state index in [1.54, 1.807) is 25.1 Å². The van der Waals surface area contributed by atoms with Gasteiger partial charge in [-0.15, -0.1) is 0 Å². The number of hydrogen-bond donors (Lipinski definition) is 1. The first kappa shape index (κ1) is 17.5. The van der Waals surface area contributed by atoms with Crippen molar-refractivity contribution in [2.24, 2.45) is 5.73 Å². The molecule has 0 saturated carbocycles. The number of carbonyl (C=O) groups is 1. The topological polar surface area (TPSA) is 72.1 Å². The highest BCUT2D eigenvalue weighted by Gasteiger charge is 2.28. The lowest BCUT2D eigenvalue weighted by Gasteiger charge is -2.25. The third kappa shape index (κ3) is 3.28. The molecule has 0 fully saturated rings. The molecule has 3 rings (SSSR count). The van der Waals surface area contributed by atoms with Gasteiger partial charge >= 0.3 is 6.03 Å². The zero-order valence-corrected chi connectivity index (χ0v) is 14.4. The minimum atomic E-state index is -2.75. The molecule has 2 aromatic rings. The van der Waals surface area contributed by atoms with Crippen molar-refractivity contribution in [3.63, 3.8) is 0 Å². The molecule has 0 atom stereocenters. The van der Waals surface area contributed by atoms with Crippen LogP contribution in [0, 0.1) is 6.92 Å². The number of benzene rings is 1. The lowest BCUT2D eigenvalue weighted by atomic mass is 9.95. The first-order chi connectivity index (χ1) is 11.9. The summed E-state index contributed by atoms with van der Waals surface area (Å²) < 4.78 is 27.0. The summed E-state index contributed by atoms with van der Waals surface area (Å²) >= 11 is 6.21. The van der Waals surface area contributed by atoms with E-state index in [-0.39, 0.29) is 16.7 Å². The highest BCUT2D eigenvalue weighted by molar-refractivity contribution is 6.34.